The standard InChI is InChI=1S/C13H21NO2.ClH/c1-2-16-9-4-3-8-14-11-12-6-5-7-13(15)10-12;/h5-7,10,14-15H,2-4,8-9,11H2,1H3;1H. The molecule has 0 fully saturated rings. The van der Waals surface area contributed by atoms with Gasteiger partial charge in [-0.2, -0.15) is 0 Å². The summed E-state index contributed by atoms with van der Waals surface area (Å²) < 4.78 is 5.25. The molecule has 0 aliphatic carbocycles. The quantitative estimate of drug-likeness (QED) is 0.706. The zero-order valence-electron chi connectivity index (χ0n) is 10.3. The van der Waals surface area contributed by atoms with Gasteiger partial charge in [0.1, 0.15) is 5.75 Å². The average Bonchev–Trinajstić information content (AvgIpc) is 2.28. The Hall–Kier alpha value is -0.770. The van der Waals surface area contributed by atoms with Crippen LogP contribution >= 0.6 is 12.4 Å². The first kappa shape index (κ1) is 16.2. The molecular weight excluding hydrogens is 238 g/mol. The molecule has 0 amide bonds. The van der Waals surface area contributed by atoms with E-state index >= 15 is 0 Å². The summed E-state index contributed by atoms with van der Waals surface area (Å²) in [7, 11) is 0. The van der Waals surface area contributed by atoms with Crippen LogP contribution in [-0.4, -0.2) is 24.9 Å². The number of rotatable bonds is 8. The Kier molecular flexibility index (Phi) is 9.92. The molecular formula is C13H22ClNO2. The van der Waals surface area contributed by atoms with E-state index in [-0.39, 0.29) is 12.4 Å². The lowest BCUT2D eigenvalue weighted by molar-refractivity contribution is 0.143. The number of unbranched alkanes of at least 4 members (excludes halogenated alkanes) is 1. The highest BCUT2D eigenvalue weighted by Crippen LogP contribution is 2.10. The van der Waals surface area contributed by atoms with E-state index in [0.717, 1.165) is 44.7 Å². The lowest BCUT2D eigenvalue weighted by Gasteiger charge is -2.05. The molecule has 3 nitrogen and oxygen atoms in total. The predicted molar refractivity (Wildman–Crippen MR) is 72.8 cm³/mol. The summed E-state index contributed by atoms with van der Waals surface area (Å²) in [5.74, 6) is 0.329. The van der Waals surface area contributed by atoms with Crippen LogP contribution in [0.15, 0.2) is 24.3 Å². The summed E-state index contributed by atoms with van der Waals surface area (Å²) in [4.78, 5) is 0. The van der Waals surface area contributed by atoms with Crippen molar-refractivity contribution in [1.29, 1.82) is 0 Å². The van der Waals surface area contributed by atoms with Crippen LogP contribution < -0.4 is 5.32 Å². The third-order valence-electron chi connectivity index (χ3n) is 2.34. The van der Waals surface area contributed by atoms with Crippen LogP contribution in [0.25, 0.3) is 0 Å². The molecule has 0 aliphatic rings. The molecule has 0 radical (unpaired) electrons. The molecule has 0 unspecified atom stereocenters. The fourth-order valence-electron chi connectivity index (χ4n) is 1.50. The molecule has 0 saturated heterocycles. The highest BCUT2D eigenvalue weighted by atomic mass is 35.5. The molecule has 17 heavy (non-hydrogen) atoms. The van der Waals surface area contributed by atoms with Crippen LogP contribution in [0.3, 0.4) is 0 Å². The third kappa shape index (κ3) is 8.02. The fraction of sp³-hybridized carbons (Fsp3) is 0.538. The molecule has 0 aliphatic heterocycles. The van der Waals surface area contributed by atoms with Crippen molar-refractivity contribution in [3.8, 4) is 5.75 Å². The fourth-order valence-corrected chi connectivity index (χ4v) is 1.50. The summed E-state index contributed by atoms with van der Waals surface area (Å²) in [6.45, 7) is 5.47. The Bertz CT molecular complexity index is 295. The second kappa shape index (κ2) is 10.4. The van der Waals surface area contributed by atoms with Crippen molar-refractivity contribution in [3.05, 3.63) is 29.8 Å². The Labute approximate surface area is 110 Å². The van der Waals surface area contributed by atoms with Gasteiger partial charge in [-0.15, -0.1) is 12.4 Å². The van der Waals surface area contributed by atoms with E-state index in [2.05, 4.69) is 5.32 Å². The number of nitrogens with one attached hydrogen (secondary N) is 1. The average molecular weight is 260 g/mol. The first-order valence-electron chi connectivity index (χ1n) is 5.89. The summed E-state index contributed by atoms with van der Waals surface area (Å²) in [5.41, 5.74) is 1.12. The molecule has 0 saturated carbocycles. The Balaban J connectivity index is 0.00000256. The van der Waals surface area contributed by atoms with Crippen molar-refractivity contribution in [2.75, 3.05) is 19.8 Å². The number of phenols is 1. The molecule has 2 N–H and O–H groups in total. The lowest BCUT2D eigenvalue weighted by atomic mass is 10.2. The van der Waals surface area contributed by atoms with E-state index in [1.807, 2.05) is 19.1 Å². The minimum Gasteiger partial charge on any atom is -0.508 e. The molecule has 1 rings (SSSR count). The van der Waals surface area contributed by atoms with E-state index in [4.69, 9.17) is 4.74 Å². The van der Waals surface area contributed by atoms with Gasteiger partial charge in [-0.3, -0.25) is 0 Å². The van der Waals surface area contributed by atoms with Gasteiger partial charge in [0.05, 0.1) is 0 Å². The molecule has 0 heterocycles. The second-order valence-corrected chi connectivity index (χ2v) is 3.75. The van der Waals surface area contributed by atoms with Gasteiger partial charge in [-0.05, 0) is 44.0 Å². The number of halogens is 1. The zero-order chi connectivity index (χ0) is 11.6. The van der Waals surface area contributed by atoms with E-state index in [9.17, 15) is 5.11 Å². The van der Waals surface area contributed by atoms with Crippen molar-refractivity contribution in [3.63, 3.8) is 0 Å². The highest BCUT2D eigenvalue weighted by molar-refractivity contribution is 5.85. The zero-order valence-corrected chi connectivity index (χ0v) is 11.1. The topological polar surface area (TPSA) is 41.5 Å². The van der Waals surface area contributed by atoms with Crippen molar-refractivity contribution < 1.29 is 9.84 Å². The van der Waals surface area contributed by atoms with E-state index in [1.165, 1.54) is 0 Å². The lowest BCUT2D eigenvalue weighted by Crippen LogP contribution is -2.15. The summed E-state index contributed by atoms with van der Waals surface area (Å²) in [6.07, 6.45) is 2.22. The Morgan fingerprint density at radius 3 is 2.82 bits per heavy atom. The predicted octanol–water partition coefficient (Wildman–Crippen LogP) is 2.72. The normalized spacial score (nSPS) is 9.94. The molecule has 0 atom stereocenters. The summed E-state index contributed by atoms with van der Waals surface area (Å²) in [6, 6.07) is 7.34. The van der Waals surface area contributed by atoms with Crippen molar-refractivity contribution in [1.82, 2.24) is 5.32 Å². The number of benzene rings is 1. The van der Waals surface area contributed by atoms with Gasteiger partial charge >= 0.3 is 0 Å². The molecule has 0 spiro atoms. The van der Waals surface area contributed by atoms with Crippen LogP contribution in [-0.2, 0) is 11.3 Å². The maximum absolute atomic E-state index is 9.27. The van der Waals surface area contributed by atoms with Gasteiger partial charge in [0.25, 0.3) is 0 Å². The van der Waals surface area contributed by atoms with Crippen LogP contribution in [0.1, 0.15) is 25.3 Å². The monoisotopic (exact) mass is 259 g/mol. The van der Waals surface area contributed by atoms with E-state index in [1.54, 1.807) is 12.1 Å². The smallest absolute Gasteiger partial charge is 0.115 e. The van der Waals surface area contributed by atoms with Crippen LogP contribution in [0, 0.1) is 0 Å². The molecule has 0 bridgehead atoms. The number of phenolic OH excluding ortho intramolecular Hbond substituents is 1. The molecule has 0 aromatic heterocycles. The van der Waals surface area contributed by atoms with Gasteiger partial charge in [0.15, 0.2) is 0 Å². The number of hydrogen-bond acceptors (Lipinski definition) is 3. The minimum atomic E-state index is 0. The number of aromatic hydroxyl groups is 1. The van der Waals surface area contributed by atoms with E-state index in [0.29, 0.717) is 5.75 Å². The Morgan fingerprint density at radius 2 is 2.12 bits per heavy atom. The van der Waals surface area contributed by atoms with Crippen LogP contribution in [0.2, 0.25) is 0 Å². The largest absolute Gasteiger partial charge is 0.508 e. The minimum absolute atomic E-state index is 0. The van der Waals surface area contributed by atoms with Crippen LogP contribution in [0.4, 0.5) is 0 Å². The first-order chi connectivity index (χ1) is 7.83. The third-order valence-corrected chi connectivity index (χ3v) is 2.34. The number of hydrogen-bond donors (Lipinski definition) is 2. The molecule has 98 valence electrons. The van der Waals surface area contributed by atoms with E-state index < -0.39 is 0 Å². The van der Waals surface area contributed by atoms with Crippen molar-refractivity contribution in [2.45, 2.75) is 26.3 Å². The van der Waals surface area contributed by atoms with Gasteiger partial charge in [-0.25, -0.2) is 0 Å². The SMILES string of the molecule is CCOCCCCNCc1cccc(O)c1.Cl. The van der Waals surface area contributed by atoms with Gasteiger partial charge in [-0.1, -0.05) is 12.1 Å². The summed E-state index contributed by atoms with van der Waals surface area (Å²) >= 11 is 0. The van der Waals surface area contributed by atoms with Gasteiger partial charge in [0.2, 0.25) is 0 Å². The van der Waals surface area contributed by atoms with Gasteiger partial charge < -0.3 is 15.2 Å². The highest BCUT2D eigenvalue weighted by Gasteiger charge is 1.94. The molecule has 4 heteroatoms. The van der Waals surface area contributed by atoms with Crippen molar-refractivity contribution in [2.24, 2.45) is 0 Å². The number of ether oxygens (including phenoxy) is 1. The van der Waals surface area contributed by atoms with Crippen LogP contribution in [0.5, 0.6) is 5.75 Å². The Morgan fingerprint density at radius 1 is 1.29 bits per heavy atom. The summed E-state index contributed by atoms with van der Waals surface area (Å²) in [5, 5.41) is 12.6. The maximum atomic E-state index is 9.27. The molecule has 1 aromatic carbocycles. The molecule has 1 aromatic rings. The van der Waals surface area contributed by atoms with Crippen molar-refractivity contribution >= 4 is 12.4 Å². The maximum Gasteiger partial charge on any atom is 0.115 e. The first-order valence-corrected chi connectivity index (χ1v) is 5.89. The van der Waals surface area contributed by atoms with Gasteiger partial charge in [0, 0.05) is 19.8 Å². The second-order valence-electron chi connectivity index (χ2n) is 3.75.